The number of aromatic nitrogens is 3. The molecular weight excluding hydrogens is 461 g/mol. The lowest BCUT2D eigenvalue weighted by Gasteiger charge is -2.34. The van der Waals surface area contributed by atoms with E-state index < -0.39 is 0 Å². The summed E-state index contributed by atoms with van der Waals surface area (Å²) in [6.07, 6.45) is 3.36. The summed E-state index contributed by atoms with van der Waals surface area (Å²) in [5, 5.41) is 9.75. The Labute approximate surface area is 203 Å². The Kier molecular flexibility index (Phi) is 7.22. The maximum Gasteiger partial charge on any atom is 0.246 e. The van der Waals surface area contributed by atoms with Gasteiger partial charge in [-0.3, -0.25) is 9.69 Å². The van der Waals surface area contributed by atoms with Crippen LogP contribution in [-0.2, 0) is 17.9 Å². The van der Waals surface area contributed by atoms with Gasteiger partial charge in [0.25, 0.3) is 0 Å². The number of rotatable bonds is 6. The van der Waals surface area contributed by atoms with Gasteiger partial charge < -0.3 is 9.42 Å². The number of carbonyl (C=O) groups excluding carboxylic acids is 1. The number of benzene rings is 1. The number of nitrogens with zero attached hydrogens (tertiary/aromatic N) is 5. The van der Waals surface area contributed by atoms with Gasteiger partial charge in [-0.05, 0) is 44.5 Å². The van der Waals surface area contributed by atoms with Crippen LogP contribution in [0, 0.1) is 20.8 Å². The van der Waals surface area contributed by atoms with Crippen molar-refractivity contribution in [2.75, 3.05) is 26.2 Å². The third-order valence-electron chi connectivity index (χ3n) is 5.99. The molecule has 1 saturated heterocycles. The first-order valence-electron chi connectivity index (χ1n) is 10.9. The molecule has 1 fully saturated rings. The van der Waals surface area contributed by atoms with Gasteiger partial charge in [0.05, 0.1) is 17.9 Å². The zero-order chi connectivity index (χ0) is 23.5. The van der Waals surface area contributed by atoms with E-state index in [1.54, 1.807) is 16.8 Å². The molecule has 0 atom stereocenters. The highest BCUT2D eigenvalue weighted by molar-refractivity contribution is 6.31. The zero-order valence-corrected chi connectivity index (χ0v) is 20.5. The second-order valence-electron chi connectivity index (χ2n) is 8.31. The molecule has 0 radical (unpaired) electrons. The van der Waals surface area contributed by atoms with E-state index in [4.69, 9.17) is 27.7 Å². The van der Waals surface area contributed by atoms with Crippen molar-refractivity contribution in [2.24, 2.45) is 0 Å². The molecule has 3 heterocycles. The van der Waals surface area contributed by atoms with E-state index in [9.17, 15) is 4.79 Å². The molecule has 0 unspecified atom stereocenters. The van der Waals surface area contributed by atoms with Crippen molar-refractivity contribution < 1.29 is 9.32 Å². The molecule has 1 amide bonds. The van der Waals surface area contributed by atoms with Crippen molar-refractivity contribution in [3.05, 3.63) is 74.4 Å². The first-order valence-corrected chi connectivity index (χ1v) is 11.7. The molecule has 0 aliphatic carbocycles. The fourth-order valence-electron chi connectivity index (χ4n) is 3.96. The second kappa shape index (κ2) is 10.1. The van der Waals surface area contributed by atoms with Gasteiger partial charge in [0, 0.05) is 54.9 Å². The molecule has 0 spiro atoms. The fourth-order valence-corrected chi connectivity index (χ4v) is 4.38. The second-order valence-corrected chi connectivity index (χ2v) is 9.11. The van der Waals surface area contributed by atoms with E-state index in [1.807, 2.05) is 49.9 Å². The smallest absolute Gasteiger partial charge is 0.246 e. The number of carbonyl (C=O) groups is 1. The van der Waals surface area contributed by atoms with Crippen LogP contribution < -0.4 is 0 Å². The van der Waals surface area contributed by atoms with Crippen molar-refractivity contribution in [3.63, 3.8) is 0 Å². The van der Waals surface area contributed by atoms with Gasteiger partial charge in [-0.1, -0.05) is 40.5 Å². The standard InChI is InChI=1S/C24H27Cl2N5O2/c1-16-21(24(26)31(27-16)14-19-4-6-20(25)7-5-19)8-9-23(32)30-12-10-29(11-13-30)15-22-17(2)28-33-18(22)3/h4-9H,10-15H2,1-3H3/b9-8-. The summed E-state index contributed by atoms with van der Waals surface area (Å²) >= 11 is 12.5. The van der Waals surface area contributed by atoms with Crippen molar-refractivity contribution in [3.8, 4) is 0 Å². The van der Waals surface area contributed by atoms with Gasteiger partial charge in [-0.2, -0.15) is 5.10 Å². The molecule has 33 heavy (non-hydrogen) atoms. The van der Waals surface area contributed by atoms with Crippen LogP contribution in [0.3, 0.4) is 0 Å². The van der Waals surface area contributed by atoms with E-state index in [0.717, 1.165) is 53.5 Å². The minimum Gasteiger partial charge on any atom is -0.361 e. The van der Waals surface area contributed by atoms with Gasteiger partial charge in [-0.15, -0.1) is 0 Å². The quantitative estimate of drug-likeness (QED) is 0.478. The monoisotopic (exact) mass is 487 g/mol. The van der Waals surface area contributed by atoms with Crippen molar-refractivity contribution in [1.82, 2.24) is 24.7 Å². The van der Waals surface area contributed by atoms with E-state index in [0.29, 0.717) is 29.8 Å². The predicted octanol–water partition coefficient (Wildman–Crippen LogP) is 4.51. The van der Waals surface area contributed by atoms with Crippen LogP contribution in [-0.4, -0.2) is 56.8 Å². The fraction of sp³-hybridized carbons (Fsp3) is 0.375. The highest BCUT2D eigenvalue weighted by Crippen LogP contribution is 2.23. The third kappa shape index (κ3) is 5.49. The SMILES string of the molecule is Cc1nn(Cc2ccc(Cl)cc2)c(Cl)c1/C=C\C(=O)N1CCN(Cc2c(C)noc2C)CC1. The molecule has 1 aliphatic heterocycles. The van der Waals surface area contributed by atoms with Crippen molar-refractivity contribution in [1.29, 1.82) is 0 Å². The third-order valence-corrected chi connectivity index (χ3v) is 6.65. The summed E-state index contributed by atoms with van der Waals surface area (Å²) in [7, 11) is 0. The number of hydrogen-bond acceptors (Lipinski definition) is 5. The summed E-state index contributed by atoms with van der Waals surface area (Å²) in [5.41, 5.74) is 4.65. The Balaban J connectivity index is 1.35. The Hall–Kier alpha value is -2.61. The molecule has 0 bridgehead atoms. The maximum atomic E-state index is 12.8. The lowest BCUT2D eigenvalue weighted by atomic mass is 10.1. The van der Waals surface area contributed by atoms with Gasteiger partial charge in [0.2, 0.25) is 5.91 Å². The Morgan fingerprint density at radius 2 is 1.73 bits per heavy atom. The predicted molar refractivity (Wildman–Crippen MR) is 129 cm³/mol. The summed E-state index contributed by atoms with van der Waals surface area (Å²) < 4.78 is 6.99. The Morgan fingerprint density at radius 3 is 2.36 bits per heavy atom. The molecule has 4 rings (SSSR count). The molecule has 9 heteroatoms. The van der Waals surface area contributed by atoms with E-state index in [-0.39, 0.29) is 5.91 Å². The molecule has 0 N–H and O–H groups in total. The molecular formula is C24H27Cl2N5O2. The number of hydrogen-bond donors (Lipinski definition) is 0. The summed E-state index contributed by atoms with van der Waals surface area (Å²) in [6.45, 7) is 10.1. The van der Waals surface area contributed by atoms with Crippen molar-refractivity contribution in [2.45, 2.75) is 33.9 Å². The molecule has 174 valence electrons. The molecule has 0 saturated carbocycles. The number of amides is 1. The van der Waals surface area contributed by atoms with E-state index in [1.165, 1.54) is 0 Å². The number of piperazine rings is 1. The average molecular weight is 488 g/mol. The lowest BCUT2D eigenvalue weighted by molar-refractivity contribution is -0.127. The number of halogens is 2. The van der Waals surface area contributed by atoms with Crippen LogP contribution in [0.1, 0.15) is 33.8 Å². The minimum absolute atomic E-state index is 0.0205. The van der Waals surface area contributed by atoms with Gasteiger partial charge in [0.1, 0.15) is 10.9 Å². The molecule has 3 aromatic rings. The Morgan fingerprint density at radius 1 is 1.03 bits per heavy atom. The van der Waals surface area contributed by atoms with Crippen LogP contribution in [0.2, 0.25) is 10.2 Å². The van der Waals surface area contributed by atoms with Gasteiger partial charge >= 0.3 is 0 Å². The van der Waals surface area contributed by atoms with Crippen LogP contribution in [0.5, 0.6) is 0 Å². The van der Waals surface area contributed by atoms with Crippen LogP contribution >= 0.6 is 23.2 Å². The lowest BCUT2D eigenvalue weighted by Crippen LogP contribution is -2.47. The van der Waals surface area contributed by atoms with Gasteiger partial charge in [0.15, 0.2) is 0 Å². The summed E-state index contributed by atoms with van der Waals surface area (Å²) in [5.74, 6) is 0.839. The van der Waals surface area contributed by atoms with Crippen LogP contribution in [0.25, 0.3) is 6.08 Å². The normalized spacial score (nSPS) is 15.0. The summed E-state index contributed by atoms with van der Waals surface area (Å²) in [6, 6.07) is 7.57. The number of aryl methyl sites for hydroxylation is 3. The molecule has 1 aromatic carbocycles. The Bertz CT molecular complexity index is 1140. The topological polar surface area (TPSA) is 67.4 Å². The van der Waals surface area contributed by atoms with Crippen LogP contribution in [0.4, 0.5) is 0 Å². The van der Waals surface area contributed by atoms with E-state index in [2.05, 4.69) is 15.2 Å². The highest BCUT2D eigenvalue weighted by atomic mass is 35.5. The molecule has 1 aliphatic rings. The summed E-state index contributed by atoms with van der Waals surface area (Å²) in [4.78, 5) is 17.0. The minimum atomic E-state index is -0.0205. The van der Waals surface area contributed by atoms with Crippen LogP contribution in [0.15, 0.2) is 34.9 Å². The molecule has 7 nitrogen and oxygen atoms in total. The molecule has 2 aromatic heterocycles. The largest absolute Gasteiger partial charge is 0.361 e. The van der Waals surface area contributed by atoms with Gasteiger partial charge in [-0.25, -0.2) is 4.68 Å². The van der Waals surface area contributed by atoms with Crippen molar-refractivity contribution >= 4 is 35.2 Å². The average Bonchev–Trinajstić information content (AvgIpc) is 3.26. The maximum absolute atomic E-state index is 12.8. The first-order chi connectivity index (χ1) is 15.8. The first kappa shape index (κ1) is 23.5. The highest BCUT2D eigenvalue weighted by Gasteiger charge is 2.22. The van der Waals surface area contributed by atoms with E-state index >= 15 is 0 Å². The zero-order valence-electron chi connectivity index (χ0n) is 19.0.